The summed E-state index contributed by atoms with van der Waals surface area (Å²) in [7, 11) is 0. The molecule has 0 radical (unpaired) electrons. The van der Waals surface area contributed by atoms with Crippen LogP contribution in [0.4, 0.5) is 0 Å². The van der Waals surface area contributed by atoms with Crippen molar-refractivity contribution in [3.63, 3.8) is 0 Å². The number of rotatable bonds is 4. The Hall–Kier alpha value is -2.46. The molecule has 3 aromatic rings. The molecule has 4 rings (SSSR count). The zero-order chi connectivity index (χ0) is 17.1. The minimum absolute atomic E-state index is 0.364. The van der Waals surface area contributed by atoms with Gasteiger partial charge < -0.3 is 4.52 Å². The molecule has 1 aliphatic rings. The molecule has 0 bridgehead atoms. The summed E-state index contributed by atoms with van der Waals surface area (Å²) in [5, 5.41) is 4.26. The molecule has 1 aliphatic heterocycles. The highest BCUT2D eigenvalue weighted by atomic mass is 16.5. The summed E-state index contributed by atoms with van der Waals surface area (Å²) in [6, 6.07) is 17.0. The van der Waals surface area contributed by atoms with Gasteiger partial charge in [-0.3, -0.25) is 9.88 Å². The van der Waals surface area contributed by atoms with Crippen LogP contribution in [0.5, 0.6) is 0 Å². The fourth-order valence-electron chi connectivity index (χ4n) is 3.54. The first-order valence-electron chi connectivity index (χ1n) is 8.97. The molecule has 0 spiro atoms. The Kier molecular flexibility index (Phi) is 4.61. The maximum atomic E-state index is 5.62. The van der Waals surface area contributed by atoms with Gasteiger partial charge in [0, 0.05) is 17.8 Å². The normalized spacial score (nSPS) is 18.4. The lowest BCUT2D eigenvalue weighted by Crippen LogP contribution is -2.33. The highest BCUT2D eigenvalue weighted by Crippen LogP contribution is 2.31. The van der Waals surface area contributed by atoms with Crippen LogP contribution >= 0.6 is 0 Å². The van der Waals surface area contributed by atoms with Crippen molar-refractivity contribution in [2.24, 2.45) is 0 Å². The number of benzene rings is 1. The number of pyridine rings is 1. The molecule has 3 heterocycles. The molecule has 25 heavy (non-hydrogen) atoms. The Morgan fingerprint density at radius 1 is 1.12 bits per heavy atom. The minimum atomic E-state index is 0.364. The summed E-state index contributed by atoms with van der Waals surface area (Å²) in [4.78, 5) is 7.03. The van der Waals surface area contributed by atoms with E-state index in [4.69, 9.17) is 4.52 Å². The van der Waals surface area contributed by atoms with Gasteiger partial charge in [-0.2, -0.15) is 0 Å². The number of piperidine rings is 1. The first-order chi connectivity index (χ1) is 12.3. The Labute approximate surface area is 148 Å². The lowest BCUT2D eigenvalue weighted by atomic mass is 9.98. The smallest absolute Gasteiger partial charge is 0.151 e. The van der Waals surface area contributed by atoms with Gasteiger partial charge in [-0.15, -0.1) is 0 Å². The Morgan fingerprint density at radius 2 is 2.00 bits per heavy atom. The van der Waals surface area contributed by atoms with Crippen LogP contribution in [0.2, 0.25) is 0 Å². The lowest BCUT2D eigenvalue weighted by Gasteiger charge is -2.34. The fourth-order valence-corrected chi connectivity index (χ4v) is 3.54. The van der Waals surface area contributed by atoms with Crippen LogP contribution in [-0.4, -0.2) is 21.6 Å². The topological polar surface area (TPSA) is 42.2 Å². The van der Waals surface area contributed by atoms with Crippen molar-refractivity contribution in [3.05, 3.63) is 71.7 Å². The zero-order valence-corrected chi connectivity index (χ0v) is 14.6. The lowest BCUT2D eigenvalue weighted by molar-refractivity contribution is 0.123. The maximum absolute atomic E-state index is 5.62. The maximum Gasteiger partial charge on any atom is 0.151 e. The quantitative estimate of drug-likeness (QED) is 0.689. The third-order valence-corrected chi connectivity index (χ3v) is 4.91. The van der Waals surface area contributed by atoms with Crippen molar-refractivity contribution in [1.82, 2.24) is 15.0 Å². The van der Waals surface area contributed by atoms with E-state index in [0.29, 0.717) is 6.04 Å². The van der Waals surface area contributed by atoms with E-state index in [2.05, 4.69) is 64.4 Å². The van der Waals surface area contributed by atoms with E-state index < -0.39 is 0 Å². The second-order valence-electron chi connectivity index (χ2n) is 6.78. The van der Waals surface area contributed by atoms with Gasteiger partial charge in [0.1, 0.15) is 5.69 Å². The number of hydrogen-bond donors (Lipinski definition) is 0. The molecule has 0 saturated carbocycles. The molecular formula is C21H23N3O. The summed E-state index contributed by atoms with van der Waals surface area (Å²) < 4.78 is 5.62. The predicted molar refractivity (Wildman–Crippen MR) is 97.9 cm³/mol. The largest absolute Gasteiger partial charge is 0.359 e. The number of aromatic nitrogens is 2. The van der Waals surface area contributed by atoms with E-state index >= 15 is 0 Å². The zero-order valence-electron chi connectivity index (χ0n) is 14.6. The number of aryl methyl sites for hydroxylation is 1. The Morgan fingerprint density at radius 3 is 2.80 bits per heavy atom. The number of nitrogens with zero attached hydrogens (tertiary/aromatic N) is 3. The Bertz CT molecular complexity index is 811. The first-order valence-corrected chi connectivity index (χ1v) is 8.97. The molecule has 4 heteroatoms. The SMILES string of the molecule is Cc1ccc(-c2cc(CN3CCCCC3c3ccccn3)on2)cc1. The summed E-state index contributed by atoms with van der Waals surface area (Å²) >= 11 is 0. The molecule has 1 aromatic carbocycles. The molecule has 1 fully saturated rings. The molecule has 0 amide bonds. The van der Waals surface area contributed by atoms with Crippen LogP contribution in [-0.2, 0) is 6.54 Å². The van der Waals surface area contributed by atoms with Crippen molar-refractivity contribution >= 4 is 0 Å². The van der Waals surface area contributed by atoms with Gasteiger partial charge in [-0.1, -0.05) is 47.5 Å². The summed E-state index contributed by atoms with van der Waals surface area (Å²) in [5.74, 6) is 0.915. The highest BCUT2D eigenvalue weighted by Gasteiger charge is 2.26. The molecule has 2 aromatic heterocycles. The van der Waals surface area contributed by atoms with Crippen LogP contribution in [0.15, 0.2) is 59.3 Å². The molecule has 0 N–H and O–H groups in total. The molecule has 0 aliphatic carbocycles. The predicted octanol–water partition coefficient (Wildman–Crippen LogP) is 4.77. The van der Waals surface area contributed by atoms with Crippen LogP contribution in [0, 0.1) is 6.92 Å². The van der Waals surface area contributed by atoms with E-state index in [9.17, 15) is 0 Å². The van der Waals surface area contributed by atoms with Crippen LogP contribution in [0.25, 0.3) is 11.3 Å². The van der Waals surface area contributed by atoms with Gasteiger partial charge in [0.25, 0.3) is 0 Å². The van der Waals surface area contributed by atoms with Gasteiger partial charge in [0.05, 0.1) is 18.3 Å². The van der Waals surface area contributed by atoms with Gasteiger partial charge in [-0.25, -0.2) is 0 Å². The number of hydrogen-bond acceptors (Lipinski definition) is 4. The molecule has 4 nitrogen and oxygen atoms in total. The summed E-state index contributed by atoms with van der Waals surface area (Å²) in [6.45, 7) is 3.94. The van der Waals surface area contributed by atoms with Gasteiger partial charge in [0.15, 0.2) is 5.76 Å². The first kappa shape index (κ1) is 16.0. The van der Waals surface area contributed by atoms with Crippen LogP contribution < -0.4 is 0 Å². The molecule has 1 saturated heterocycles. The molecule has 1 atom stereocenters. The van der Waals surface area contributed by atoms with Crippen LogP contribution in [0.1, 0.15) is 42.3 Å². The molecule has 128 valence electrons. The van der Waals surface area contributed by atoms with E-state index in [1.54, 1.807) is 0 Å². The van der Waals surface area contributed by atoms with E-state index in [1.807, 2.05) is 12.3 Å². The molecular weight excluding hydrogens is 310 g/mol. The summed E-state index contributed by atoms with van der Waals surface area (Å²) in [6.07, 6.45) is 5.51. The van der Waals surface area contributed by atoms with E-state index in [-0.39, 0.29) is 0 Å². The third-order valence-electron chi connectivity index (χ3n) is 4.91. The van der Waals surface area contributed by atoms with Crippen molar-refractivity contribution in [3.8, 4) is 11.3 Å². The van der Waals surface area contributed by atoms with Gasteiger partial charge in [-0.05, 0) is 38.4 Å². The minimum Gasteiger partial charge on any atom is -0.359 e. The van der Waals surface area contributed by atoms with Crippen molar-refractivity contribution in [1.29, 1.82) is 0 Å². The third kappa shape index (κ3) is 3.64. The van der Waals surface area contributed by atoms with Crippen LogP contribution in [0.3, 0.4) is 0 Å². The Balaban J connectivity index is 1.51. The van der Waals surface area contributed by atoms with E-state index in [0.717, 1.165) is 42.2 Å². The van der Waals surface area contributed by atoms with Gasteiger partial charge >= 0.3 is 0 Å². The van der Waals surface area contributed by atoms with E-state index in [1.165, 1.54) is 18.4 Å². The van der Waals surface area contributed by atoms with Crippen molar-refractivity contribution < 1.29 is 4.52 Å². The van der Waals surface area contributed by atoms with Gasteiger partial charge in [0.2, 0.25) is 0 Å². The van der Waals surface area contributed by atoms with Crippen molar-refractivity contribution in [2.45, 2.75) is 38.8 Å². The monoisotopic (exact) mass is 333 g/mol. The second kappa shape index (κ2) is 7.19. The number of likely N-dealkylation sites (tertiary alicyclic amines) is 1. The summed E-state index contributed by atoms with van der Waals surface area (Å²) in [5.41, 5.74) is 4.40. The molecule has 1 unspecified atom stereocenters. The average molecular weight is 333 g/mol. The fraction of sp³-hybridized carbons (Fsp3) is 0.333. The highest BCUT2D eigenvalue weighted by molar-refractivity contribution is 5.59. The van der Waals surface area contributed by atoms with Crippen molar-refractivity contribution in [2.75, 3.05) is 6.54 Å². The standard InChI is InChI=1S/C21H23N3O/c1-16-8-10-17(11-9-16)20-14-18(25-23-20)15-24-13-5-3-7-21(24)19-6-2-4-12-22-19/h2,4,6,8-12,14,21H,3,5,7,13,15H2,1H3. The average Bonchev–Trinajstić information content (AvgIpc) is 3.12. The second-order valence-corrected chi connectivity index (χ2v) is 6.78.